The van der Waals surface area contributed by atoms with Crippen molar-refractivity contribution in [2.45, 2.75) is 26.0 Å². The highest BCUT2D eigenvalue weighted by molar-refractivity contribution is 7.09. The Kier molecular flexibility index (Phi) is 4.53. The average molecular weight is 318 g/mol. The van der Waals surface area contributed by atoms with E-state index in [0.29, 0.717) is 19.6 Å². The number of nitrogens with zero attached hydrogens (tertiary/aromatic N) is 3. The molecule has 1 aliphatic heterocycles. The van der Waals surface area contributed by atoms with Gasteiger partial charge in [-0.25, -0.2) is 9.78 Å². The van der Waals surface area contributed by atoms with E-state index in [2.05, 4.69) is 15.3 Å². The first-order valence-corrected chi connectivity index (χ1v) is 8.09. The van der Waals surface area contributed by atoms with Gasteiger partial charge in [0.1, 0.15) is 11.9 Å². The normalized spacial score (nSPS) is 17.5. The van der Waals surface area contributed by atoms with E-state index in [1.165, 1.54) is 0 Å². The zero-order valence-electron chi connectivity index (χ0n) is 12.4. The van der Waals surface area contributed by atoms with E-state index >= 15 is 0 Å². The van der Waals surface area contributed by atoms with Crippen molar-refractivity contribution in [3.8, 4) is 5.75 Å². The van der Waals surface area contributed by atoms with Crippen molar-refractivity contribution in [3.63, 3.8) is 0 Å². The van der Waals surface area contributed by atoms with Crippen LogP contribution in [0.4, 0.5) is 4.79 Å². The number of rotatable bonds is 4. The maximum atomic E-state index is 12.2. The SMILES string of the molecule is Cc1ncsc1CNC(=O)N1CC[C@H](Oc2cccnc2)C1. The van der Waals surface area contributed by atoms with Crippen molar-refractivity contribution in [1.29, 1.82) is 0 Å². The van der Waals surface area contributed by atoms with Crippen LogP contribution in [0.5, 0.6) is 5.75 Å². The van der Waals surface area contributed by atoms with Gasteiger partial charge in [-0.1, -0.05) is 0 Å². The van der Waals surface area contributed by atoms with Crippen LogP contribution in [0.25, 0.3) is 0 Å². The molecule has 116 valence electrons. The molecule has 0 aliphatic carbocycles. The number of aryl methyl sites for hydroxylation is 1. The Balaban J connectivity index is 1.47. The second kappa shape index (κ2) is 6.74. The van der Waals surface area contributed by atoms with Crippen molar-refractivity contribution in [2.24, 2.45) is 0 Å². The Morgan fingerprint density at radius 2 is 2.50 bits per heavy atom. The third-order valence-electron chi connectivity index (χ3n) is 3.61. The lowest BCUT2D eigenvalue weighted by atomic mass is 10.3. The number of amides is 2. The van der Waals surface area contributed by atoms with Crippen molar-refractivity contribution < 1.29 is 9.53 Å². The summed E-state index contributed by atoms with van der Waals surface area (Å²) in [6.45, 7) is 3.78. The van der Waals surface area contributed by atoms with E-state index < -0.39 is 0 Å². The quantitative estimate of drug-likeness (QED) is 0.938. The van der Waals surface area contributed by atoms with Gasteiger partial charge < -0.3 is 15.0 Å². The molecular weight excluding hydrogens is 300 g/mol. The molecular formula is C15H18N4O2S. The van der Waals surface area contributed by atoms with Crippen LogP contribution in [-0.4, -0.2) is 40.1 Å². The molecule has 3 rings (SSSR count). The molecule has 22 heavy (non-hydrogen) atoms. The van der Waals surface area contributed by atoms with Crippen molar-refractivity contribution in [1.82, 2.24) is 20.2 Å². The Hall–Kier alpha value is -2.15. The number of carbonyl (C=O) groups excluding carboxylic acids is 1. The number of hydrogen-bond acceptors (Lipinski definition) is 5. The fourth-order valence-corrected chi connectivity index (χ4v) is 3.10. The third kappa shape index (κ3) is 3.54. The van der Waals surface area contributed by atoms with Crippen LogP contribution in [0.2, 0.25) is 0 Å². The number of likely N-dealkylation sites (tertiary alicyclic amines) is 1. The largest absolute Gasteiger partial charge is 0.487 e. The first-order valence-electron chi connectivity index (χ1n) is 7.21. The minimum atomic E-state index is -0.0508. The zero-order chi connectivity index (χ0) is 15.4. The number of nitrogens with one attached hydrogen (secondary N) is 1. The monoisotopic (exact) mass is 318 g/mol. The predicted molar refractivity (Wildman–Crippen MR) is 83.9 cm³/mol. The molecule has 1 saturated heterocycles. The van der Waals surface area contributed by atoms with Gasteiger partial charge >= 0.3 is 6.03 Å². The lowest BCUT2D eigenvalue weighted by molar-refractivity contribution is 0.186. The van der Waals surface area contributed by atoms with Gasteiger partial charge in [0.25, 0.3) is 0 Å². The predicted octanol–water partition coefficient (Wildman–Crippen LogP) is 2.21. The summed E-state index contributed by atoms with van der Waals surface area (Å²) >= 11 is 1.56. The highest BCUT2D eigenvalue weighted by Crippen LogP contribution is 2.17. The minimum absolute atomic E-state index is 0.0279. The van der Waals surface area contributed by atoms with Crippen LogP contribution in [0.1, 0.15) is 17.0 Å². The summed E-state index contributed by atoms with van der Waals surface area (Å²) in [5, 5.41) is 2.94. The number of thiazole rings is 1. The summed E-state index contributed by atoms with van der Waals surface area (Å²) in [4.78, 5) is 23.3. The maximum absolute atomic E-state index is 12.2. The molecule has 1 atom stereocenters. The summed E-state index contributed by atoms with van der Waals surface area (Å²) in [7, 11) is 0. The van der Waals surface area contributed by atoms with E-state index in [0.717, 1.165) is 22.7 Å². The van der Waals surface area contributed by atoms with Gasteiger partial charge in [0.15, 0.2) is 0 Å². The van der Waals surface area contributed by atoms with Crippen LogP contribution < -0.4 is 10.1 Å². The molecule has 1 fully saturated rings. The molecule has 3 heterocycles. The minimum Gasteiger partial charge on any atom is -0.487 e. The second-order valence-electron chi connectivity index (χ2n) is 5.18. The van der Waals surface area contributed by atoms with Crippen LogP contribution in [-0.2, 0) is 6.54 Å². The second-order valence-corrected chi connectivity index (χ2v) is 6.12. The number of urea groups is 1. The molecule has 0 unspecified atom stereocenters. The molecule has 0 spiro atoms. The zero-order valence-corrected chi connectivity index (χ0v) is 13.2. The summed E-state index contributed by atoms with van der Waals surface area (Å²) in [6.07, 6.45) is 4.26. The highest BCUT2D eigenvalue weighted by Gasteiger charge is 2.27. The Morgan fingerprint density at radius 1 is 1.59 bits per heavy atom. The third-order valence-corrected chi connectivity index (χ3v) is 4.55. The molecule has 0 bridgehead atoms. The molecule has 0 saturated carbocycles. The van der Waals surface area contributed by atoms with Crippen molar-refractivity contribution in [2.75, 3.05) is 13.1 Å². The van der Waals surface area contributed by atoms with E-state index in [9.17, 15) is 4.79 Å². The number of ether oxygens (including phenoxy) is 1. The van der Waals surface area contributed by atoms with Crippen LogP contribution in [0.15, 0.2) is 30.0 Å². The molecule has 1 aliphatic rings. The molecule has 7 heteroatoms. The average Bonchev–Trinajstić information content (AvgIpc) is 3.15. The van der Waals surface area contributed by atoms with Crippen LogP contribution >= 0.6 is 11.3 Å². The van der Waals surface area contributed by atoms with Crippen LogP contribution in [0, 0.1) is 6.92 Å². The maximum Gasteiger partial charge on any atom is 0.317 e. The van der Waals surface area contributed by atoms with Crippen molar-refractivity contribution in [3.05, 3.63) is 40.6 Å². The number of pyridine rings is 1. The summed E-state index contributed by atoms with van der Waals surface area (Å²) in [5.74, 6) is 0.745. The van der Waals surface area contributed by atoms with E-state index in [-0.39, 0.29) is 12.1 Å². The summed E-state index contributed by atoms with van der Waals surface area (Å²) < 4.78 is 5.83. The van der Waals surface area contributed by atoms with Gasteiger partial charge in [-0.05, 0) is 19.1 Å². The van der Waals surface area contributed by atoms with E-state index in [1.807, 2.05) is 19.1 Å². The molecule has 1 N–H and O–H groups in total. The van der Waals surface area contributed by atoms with E-state index in [4.69, 9.17) is 4.74 Å². The van der Waals surface area contributed by atoms with Gasteiger partial charge in [0.05, 0.1) is 30.5 Å². The van der Waals surface area contributed by atoms with Crippen LogP contribution in [0.3, 0.4) is 0 Å². The van der Waals surface area contributed by atoms with Gasteiger partial charge in [0, 0.05) is 24.0 Å². The molecule has 6 nitrogen and oxygen atoms in total. The standard InChI is InChI=1S/C15H18N4O2S/c1-11-14(22-10-18-11)8-17-15(20)19-6-4-13(9-19)21-12-3-2-5-16-7-12/h2-3,5,7,10,13H,4,6,8-9H2,1H3,(H,17,20)/t13-/m0/s1. The Morgan fingerprint density at radius 3 is 3.23 bits per heavy atom. The highest BCUT2D eigenvalue weighted by atomic mass is 32.1. The molecule has 2 aromatic heterocycles. The lowest BCUT2D eigenvalue weighted by Gasteiger charge is -2.17. The molecule has 2 amide bonds. The van der Waals surface area contributed by atoms with Gasteiger partial charge in [-0.15, -0.1) is 11.3 Å². The van der Waals surface area contributed by atoms with Gasteiger partial charge in [-0.3, -0.25) is 4.98 Å². The summed E-state index contributed by atoms with van der Waals surface area (Å²) in [6, 6.07) is 3.67. The fourth-order valence-electron chi connectivity index (χ4n) is 2.38. The van der Waals surface area contributed by atoms with Gasteiger partial charge in [0.2, 0.25) is 0 Å². The molecule has 2 aromatic rings. The number of aromatic nitrogens is 2. The Labute approximate surface area is 133 Å². The van der Waals surface area contributed by atoms with Crippen molar-refractivity contribution >= 4 is 17.4 Å². The van der Waals surface area contributed by atoms with E-state index in [1.54, 1.807) is 34.1 Å². The fraction of sp³-hybridized carbons (Fsp3) is 0.400. The topological polar surface area (TPSA) is 67.4 Å². The first kappa shape index (κ1) is 14.8. The number of carbonyl (C=O) groups is 1. The smallest absolute Gasteiger partial charge is 0.317 e. The first-order chi connectivity index (χ1) is 10.7. The molecule has 0 aromatic carbocycles. The number of hydrogen-bond donors (Lipinski definition) is 1. The Bertz CT molecular complexity index is 631. The molecule has 0 radical (unpaired) electrons. The lowest BCUT2D eigenvalue weighted by Crippen LogP contribution is -2.39. The van der Waals surface area contributed by atoms with Gasteiger partial charge in [-0.2, -0.15) is 0 Å². The summed E-state index contributed by atoms with van der Waals surface area (Å²) in [5.41, 5.74) is 2.77.